The maximum atomic E-state index is 11.4. The second kappa shape index (κ2) is 6.36. The predicted octanol–water partition coefficient (Wildman–Crippen LogP) is 0.553. The molecule has 1 rings (SSSR count). The minimum atomic E-state index is -1.57. The molecule has 0 spiro atoms. The van der Waals surface area contributed by atoms with Crippen LogP contribution in [0, 0.1) is 0 Å². The maximum Gasteiger partial charge on any atom is 0.334 e. The van der Waals surface area contributed by atoms with Gasteiger partial charge in [0.05, 0.1) is 13.0 Å². The fourth-order valence-corrected chi connectivity index (χ4v) is 1.41. The highest BCUT2D eigenvalue weighted by atomic mass is 79.9. The van der Waals surface area contributed by atoms with E-state index in [0.29, 0.717) is 0 Å². The van der Waals surface area contributed by atoms with Crippen LogP contribution in [-0.4, -0.2) is 34.7 Å². The van der Waals surface area contributed by atoms with Gasteiger partial charge in [-0.15, -0.1) is 0 Å². The average molecular weight is 302 g/mol. The molecule has 0 saturated carbocycles. The summed E-state index contributed by atoms with van der Waals surface area (Å²) in [5, 5.41) is 19.7. The molecule has 0 bridgehead atoms. The molecule has 1 amide bonds. The van der Waals surface area contributed by atoms with Gasteiger partial charge in [0.1, 0.15) is 0 Å². The van der Waals surface area contributed by atoms with Gasteiger partial charge in [-0.3, -0.25) is 4.79 Å². The quantitative estimate of drug-likeness (QED) is 0.741. The van der Waals surface area contributed by atoms with Crippen molar-refractivity contribution in [3.05, 3.63) is 34.3 Å². The number of carboxylic acid groups (broad SMARTS) is 1. The zero-order chi connectivity index (χ0) is 12.8. The Balaban J connectivity index is 2.39. The number of carbonyl (C=O) groups is 2. The molecule has 1 unspecified atom stereocenters. The first-order valence-corrected chi connectivity index (χ1v) is 5.70. The van der Waals surface area contributed by atoms with Crippen LogP contribution in [0.4, 0.5) is 0 Å². The lowest BCUT2D eigenvalue weighted by atomic mass is 10.1. The van der Waals surface area contributed by atoms with Gasteiger partial charge in [-0.25, -0.2) is 4.79 Å². The summed E-state index contributed by atoms with van der Waals surface area (Å²) in [6.45, 7) is -0.287. The van der Waals surface area contributed by atoms with Gasteiger partial charge in [-0.05, 0) is 17.7 Å². The molecule has 1 atom stereocenters. The molecular formula is C11H12BrNO4. The molecule has 17 heavy (non-hydrogen) atoms. The van der Waals surface area contributed by atoms with Gasteiger partial charge in [-0.2, -0.15) is 0 Å². The summed E-state index contributed by atoms with van der Waals surface area (Å²) in [7, 11) is 0. The molecule has 5 nitrogen and oxygen atoms in total. The van der Waals surface area contributed by atoms with Gasteiger partial charge in [0.25, 0.3) is 0 Å². The Morgan fingerprint density at radius 2 is 1.88 bits per heavy atom. The number of amides is 1. The average Bonchev–Trinajstić information content (AvgIpc) is 2.29. The van der Waals surface area contributed by atoms with Gasteiger partial charge < -0.3 is 15.5 Å². The normalized spacial score (nSPS) is 11.9. The van der Waals surface area contributed by atoms with Crippen molar-refractivity contribution in [3.8, 4) is 0 Å². The zero-order valence-electron chi connectivity index (χ0n) is 8.89. The summed E-state index contributed by atoms with van der Waals surface area (Å²) in [4.78, 5) is 21.7. The van der Waals surface area contributed by atoms with Crippen molar-refractivity contribution in [2.45, 2.75) is 12.5 Å². The largest absolute Gasteiger partial charge is 0.479 e. The summed E-state index contributed by atoms with van der Waals surface area (Å²) in [6.07, 6.45) is -1.41. The molecule has 0 fully saturated rings. The predicted molar refractivity (Wildman–Crippen MR) is 64.5 cm³/mol. The summed E-state index contributed by atoms with van der Waals surface area (Å²) in [6, 6.07) is 7.21. The maximum absolute atomic E-state index is 11.4. The molecule has 0 aliphatic heterocycles. The standard InChI is InChI=1S/C11H12BrNO4/c12-8-3-1-7(2-4-8)5-10(15)13-6-9(14)11(16)17/h1-4,9,14H,5-6H2,(H,13,15)(H,16,17). The molecule has 1 aromatic carbocycles. The van der Waals surface area contributed by atoms with E-state index in [1.807, 2.05) is 12.1 Å². The Morgan fingerprint density at radius 3 is 2.41 bits per heavy atom. The number of aliphatic hydroxyl groups is 1. The lowest BCUT2D eigenvalue weighted by Gasteiger charge is -2.07. The first kappa shape index (κ1) is 13.7. The molecular weight excluding hydrogens is 290 g/mol. The SMILES string of the molecule is O=C(Cc1ccc(Br)cc1)NCC(O)C(=O)O. The summed E-state index contributed by atoms with van der Waals surface area (Å²) in [5.74, 6) is -1.68. The number of hydrogen-bond donors (Lipinski definition) is 3. The van der Waals surface area contributed by atoms with E-state index < -0.39 is 12.1 Å². The first-order chi connectivity index (χ1) is 7.99. The van der Waals surface area contributed by atoms with Gasteiger partial charge in [0, 0.05) is 4.47 Å². The number of carboxylic acids is 1. The Hall–Kier alpha value is -1.40. The molecule has 1 aromatic rings. The van der Waals surface area contributed by atoms with Crippen LogP contribution in [0.15, 0.2) is 28.7 Å². The van der Waals surface area contributed by atoms with Gasteiger partial charge >= 0.3 is 5.97 Å². The molecule has 6 heteroatoms. The van der Waals surface area contributed by atoms with Crippen LogP contribution in [0.3, 0.4) is 0 Å². The van der Waals surface area contributed by atoms with Crippen molar-refractivity contribution in [1.29, 1.82) is 0 Å². The molecule has 3 N–H and O–H groups in total. The number of hydrogen-bond acceptors (Lipinski definition) is 3. The van der Waals surface area contributed by atoms with Crippen LogP contribution in [0.5, 0.6) is 0 Å². The molecule has 0 aromatic heterocycles. The monoisotopic (exact) mass is 301 g/mol. The van der Waals surface area contributed by atoms with Gasteiger partial charge in [0.2, 0.25) is 5.91 Å². The number of aliphatic carboxylic acids is 1. The third-order valence-corrected chi connectivity index (χ3v) is 2.58. The molecule has 0 saturated heterocycles. The van der Waals surface area contributed by atoms with Crippen LogP contribution >= 0.6 is 15.9 Å². The number of rotatable bonds is 5. The van der Waals surface area contributed by atoms with E-state index in [2.05, 4.69) is 21.2 Å². The Kier molecular flexibility index (Phi) is 5.11. The minimum absolute atomic E-state index is 0.152. The molecule has 0 heterocycles. The van der Waals surface area contributed by atoms with Crippen molar-refractivity contribution in [2.75, 3.05) is 6.54 Å². The fraction of sp³-hybridized carbons (Fsp3) is 0.273. The third kappa shape index (κ3) is 4.97. The first-order valence-electron chi connectivity index (χ1n) is 4.91. The van der Waals surface area contributed by atoms with Crippen molar-refractivity contribution in [1.82, 2.24) is 5.32 Å². The second-order valence-corrected chi connectivity index (χ2v) is 4.38. The highest BCUT2D eigenvalue weighted by Crippen LogP contribution is 2.10. The lowest BCUT2D eigenvalue weighted by molar-refractivity contribution is -0.146. The van der Waals surface area contributed by atoms with E-state index in [4.69, 9.17) is 10.2 Å². The van der Waals surface area contributed by atoms with E-state index in [-0.39, 0.29) is 18.9 Å². The topological polar surface area (TPSA) is 86.6 Å². The third-order valence-electron chi connectivity index (χ3n) is 2.06. The Bertz CT molecular complexity index is 404. The highest BCUT2D eigenvalue weighted by Gasteiger charge is 2.14. The van der Waals surface area contributed by atoms with Crippen molar-refractivity contribution >= 4 is 27.8 Å². The van der Waals surface area contributed by atoms with Gasteiger partial charge in [-0.1, -0.05) is 28.1 Å². The molecule has 92 valence electrons. The van der Waals surface area contributed by atoms with Crippen LogP contribution < -0.4 is 5.32 Å². The number of nitrogens with one attached hydrogen (secondary N) is 1. The van der Waals surface area contributed by atoms with Gasteiger partial charge in [0.15, 0.2) is 6.10 Å². The molecule has 0 aliphatic rings. The number of benzene rings is 1. The van der Waals surface area contributed by atoms with E-state index in [0.717, 1.165) is 10.0 Å². The van der Waals surface area contributed by atoms with E-state index in [9.17, 15) is 9.59 Å². The number of carbonyl (C=O) groups excluding carboxylic acids is 1. The minimum Gasteiger partial charge on any atom is -0.479 e. The van der Waals surface area contributed by atoms with Crippen LogP contribution in [0.25, 0.3) is 0 Å². The van der Waals surface area contributed by atoms with Crippen molar-refractivity contribution in [2.24, 2.45) is 0 Å². The Morgan fingerprint density at radius 1 is 1.29 bits per heavy atom. The summed E-state index contributed by atoms with van der Waals surface area (Å²) < 4.78 is 0.919. The summed E-state index contributed by atoms with van der Waals surface area (Å²) in [5.41, 5.74) is 0.815. The number of halogens is 1. The van der Waals surface area contributed by atoms with Crippen LogP contribution in [0.2, 0.25) is 0 Å². The van der Waals surface area contributed by atoms with Crippen LogP contribution in [0.1, 0.15) is 5.56 Å². The second-order valence-electron chi connectivity index (χ2n) is 3.46. The van der Waals surface area contributed by atoms with E-state index in [1.54, 1.807) is 12.1 Å². The molecule has 0 aliphatic carbocycles. The summed E-state index contributed by atoms with van der Waals surface area (Å²) >= 11 is 3.28. The number of aliphatic hydroxyl groups excluding tert-OH is 1. The van der Waals surface area contributed by atoms with Crippen molar-refractivity contribution < 1.29 is 19.8 Å². The Labute approximate surface area is 107 Å². The smallest absolute Gasteiger partial charge is 0.334 e. The fourth-order valence-electron chi connectivity index (χ4n) is 1.15. The van der Waals surface area contributed by atoms with Crippen LogP contribution in [-0.2, 0) is 16.0 Å². The van der Waals surface area contributed by atoms with E-state index in [1.165, 1.54) is 0 Å². The lowest BCUT2D eigenvalue weighted by Crippen LogP contribution is -2.37. The van der Waals surface area contributed by atoms with E-state index >= 15 is 0 Å². The highest BCUT2D eigenvalue weighted by molar-refractivity contribution is 9.10. The molecule has 0 radical (unpaired) electrons. The van der Waals surface area contributed by atoms with Crippen molar-refractivity contribution in [3.63, 3.8) is 0 Å². The zero-order valence-corrected chi connectivity index (χ0v) is 10.5.